The second-order valence-electron chi connectivity index (χ2n) is 5.67. The Morgan fingerprint density at radius 2 is 2.12 bits per heavy atom. The van der Waals surface area contributed by atoms with Crippen molar-refractivity contribution in [3.8, 4) is 0 Å². The molecule has 0 bridgehead atoms. The molecule has 17 heavy (non-hydrogen) atoms. The molecule has 0 spiro atoms. The van der Waals surface area contributed by atoms with Gasteiger partial charge in [-0.15, -0.1) is 0 Å². The van der Waals surface area contributed by atoms with Gasteiger partial charge in [-0.05, 0) is 49.3 Å². The van der Waals surface area contributed by atoms with Crippen molar-refractivity contribution in [1.82, 2.24) is 4.90 Å². The molecule has 0 aromatic rings. The molecule has 2 fully saturated rings. The average Bonchev–Trinajstić information content (AvgIpc) is 2.78. The summed E-state index contributed by atoms with van der Waals surface area (Å²) in [5.74, 6) is 1.68. The number of nitrogens with zero attached hydrogens (tertiary/aromatic N) is 1. The molecule has 100 valence electrons. The summed E-state index contributed by atoms with van der Waals surface area (Å²) in [5, 5.41) is 8.98. The zero-order valence-corrected chi connectivity index (χ0v) is 11.5. The van der Waals surface area contributed by atoms with Gasteiger partial charge in [-0.1, -0.05) is 0 Å². The van der Waals surface area contributed by atoms with E-state index in [0.29, 0.717) is 17.9 Å². The van der Waals surface area contributed by atoms with E-state index < -0.39 is 0 Å². The Labute approximate surface area is 110 Å². The lowest BCUT2D eigenvalue weighted by atomic mass is 9.81. The molecule has 2 aliphatic heterocycles. The minimum Gasteiger partial charge on any atom is -0.396 e. The first-order valence-corrected chi connectivity index (χ1v) is 7.43. The maximum atomic E-state index is 8.98. The topological polar surface area (TPSA) is 32.7 Å². The van der Waals surface area contributed by atoms with Crippen molar-refractivity contribution in [2.24, 2.45) is 11.3 Å². The van der Waals surface area contributed by atoms with Gasteiger partial charge in [-0.2, -0.15) is 12.6 Å². The average molecular weight is 259 g/mol. The van der Waals surface area contributed by atoms with E-state index in [9.17, 15) is 0 Å². The minimum absolute atomic E-state index is 0.337. The van der Waals surface area contributed by atoms with Crippen LogP contribution in [0.3, 0.4) is 0 Å². The number of hydrogen-bond donors (Lipinski definition) is 2. The van der Waals surface area contributed by atoms with Crippen LogP contribution in [0.1, 0.15) is 25.7 Å². The van der Waals surface area contributed by atoms with Gasteiger partial charge in [-0.25, -0.2) is 0 Å². The van der Waals surface area contributed by atoms with Crippen LogP contribution in [0.5, 0.6) is 0 Å². The van der Waals surface area contributed by atoms with Gasteiger partial charge < -0.3 is 14.7 Å². The fourth-order valence-corrected chi connectivity index (χ4v) is 3.54. The standard InChI is InChI=1S/C13H25NO2S/c15-6-2-12-1-5-14(9-12)10-13(11-17)3-7-16-8-4-13/h12,15,17H,1-11H2. The van der Waals surface area contributed by atoms with Gasteiger partial charge in [-0.3, -0.25) is 0 Å². The monoisotopic (exact) mass is 259 g/mol. The first kappa shape index (κ1) is 13.7. The highest BCUT2D eigenvalue weighted by Gasteiger charge is 2.35. The van der Waals surface area contributed by atoms with Crippen molar-refractivity contribution in [2.45, 2.75) is 25.7 Å². The van der Waals surface area contributed by atoms with E-state index in [0.717, 1.165) is 44.8 Å². The molecule has 0 amide bonds. The van der Waals surface area contributed by atoms with Gasteiger partial charge in [0.1, 0.15) is 0 Å². The second kappa shape index (κ2) is 6.41. The Morgan fingerprint density at radius 1 is 1.35 bits per heavy atom. The smallest absolute Gasteiger partial charge is 0.0472 e. The van der Waals surface area contributed by atoms with Crippen molar-refractivity contribution in [3.63, 3.8) is 0 Å². The van der Waals surface area contributed by atoms with Crippen molar-refractivity contribution in [2.75, 3.05) is 45.2 Å². The largest absolute Gasteiger partial charge is 0.396 e. The third kappa shape index (κ3) is 3.60. The number of rotatable bonds is 5. The fraction of sp³-hybridized carbons (Fsp3) is 1.00. The van der Waals surface area contributed by atoms with Crippen LogP contribution in [-0.4, -0.2) is 55.2 Å². The first-order chi connectivity index (χ1) is 8.28. The minimum atomic E-state index is 0.337. The molecule has 1 atom stereocenters. The molecule has 1 unspecified atom stereocenters. The number of aliphatic hydroxyl groups is 1. The second-order valence-corrected chi connectivity index (χ2v) is 5.99. The molecular weight excluding hydrogens is 234 g/mol. The Kier molecular flexibility index (Phi) is 5.15. The summed E-state index contributed by atoms with van der Waals surface area (Å²) in [6.45, 7) is 5.66. The van der Waals surface area contributed by atoms with Gasteiger partial charge >= 0.3 is 0 Å². The Hall–Kier alpha value is 0.230. The Balaban J connectivity index is 1.83. The molecule has 0 aromatic heterocycles. The summed E-state index contributed by atoms with van der Waals surface area (Å²) in [6.07, 6.45) is 4.52. The molecule has 0 aliphatic carbocycles. The highest BCUT2D eigenvalue weighted by atomic mass is 32.1. The van der Waals surface area contributed by atoms with Crippen molar-refractivity contribution < 1.29 is 9.84 Å². The summed E-state index contributed by atoms with van der Waals surface area (Å²) < 4.78 is 5.47. The van der Waals surface area contributed by atoms with Crippen molar-refractivity contribution in [3.05, 3.63) is 0 Å². The summed E-state index contributed by atoms with van der Waals surface area (Å²) in [6, 6.07) is 0. The van der Waals surface area contributed by atoms with Gasteiger partial charge in [0, 0.05) is 32.9 Å². The van der Waals surface area contributed by atoms with Crippen LogP contribution >= 0.6 is 12.6 Å². The fourth-order valence-electron chi connectivity index (χ4n) is 3.12. The molecule has 0 saturated carbocycles. The maximum absolute atomic E-state index is 8.98. The zero-order chi connectivity index (χ0) is 12.1. The van der Waals surface area contributed by atoms with E-state index in [4.69, 9.17) is 9.84 Å². The number of likely N-dealkylation sites (tertiary alicyclic amines) is 1. The van der Waals surface area contributed by atoms with E-state index in [-0.39, 0.29) is 0 Å². The predicted molar refractivity (Wildman–Crippen MR) is 72.6 cm³/mol. The molecule has 2 rings (SSSR count). The predicted octanol–water partition coefficient (Wildman–Crippen LogP) is 1.42. The normalized spacial score (nSPS) is 29.6. The number of aliphatic hydroxyl groups excluding tert-OH is 1. The molecule has 3 nitrogen and oxygen atoms in total. The van der Waals surface area contributed by atoms with E-state index in [1.54, 1.807) is 0 Å². The van der Waals surface area contributed by atoms with Crippen LogP contribution in [0.4, 0.5) is 0 Å². The first-order valence-electron chi connectivity index (χ1n) is 6.80. The van der Waals surface area contributed by atoms with Gasteiger partial charge in [0.25, 0.3) is 0 Å². The van der Waals surface area contributed by atoms with E-state index >= 15 is 0 Å². The molecular formula is C13H25NO2S. The number of thiol groups is 1. The van der Waals surface area contributed by atoms with E-state index in [2.05, 4.69) is 17.5 Å². The Morgan fingerprint density at radius 3 is 2.76 bits per heavy atom. The van der Waals surface area contributed by atoms with Crippen LogP contribution in [0.25, 0.3) is 0 Å². The highest BCUT2D eigenvalue weighted by molar-refractivity contribution is 7.80. The summed E-state index contributed by atoms with van der Waals surface area (Å²) >= 11 is 4.56. The summed E-state index contributed by atoms with van der Waals surface area (Å²) in [7, 11) is 0. The molecule has 0 aromatic carbocycles. The van der Waals surface area contributed by atoms with Gasteiger partial charge in [0.2, 0.25) is 0 Å². The molecule has 2 heterocycles. The summed E-state index contributed by atoms with van der Waals surface area (Å²) in [5.41, 5.74) is 0.371. The zero-order valence-electron chi connectivity index (χ0n) is 10.6. The summed E-state index contributed by atoms with van der Waals surface area (Å²) in [4.78, 5) is 2.57. The van der Waals surface area contributed by atoms with Gasteiger partial charge in [0.05, 0.1) is 0 Å². The Bertz CT molecular complexity index is 231. The SMILES string of the molecule is OCCC1CCN(CC2(CS)CCOCC2)C1. The maximum Gasteiger partial charge on any atom is 0.0472 e. The molecule has 2 saturated heterocycles. The molecule has 0 radical (unpaired) electrons. The molecule has 4 heteroatoms. The quantitative estimate of drug-likeness (QED) is 0.733. The van der Waals surface area contributed by atoms with Crippen molar-refractivity contribution >= 4 is 12.6 Å². The van der Waals surface area contributed by atoms with Crippen LogP contribution in [0, 0.1) is 11.3 Å². The third-order valence-corrected chi connectivity index (χ3v) is 5.03. The van der Waals surface area contributed by atoms with Crippen molar-refractivity contribution in [1.29, 1.82) is 0 Å². The highest BCUT2D eigenvalue weighted by Crippen LogP contribution is 2.34. The third-order valence-electron chi connectivity index (χ3n) is 4.36. The van der Waals surface area contributed by atoms with Crippen LogP contribution < -0.4 is 0 Å². The van der Waals surface area contributed by atoms with Crippen LogP contribution in [0.2, 0.25) is 0 Å². The lowest BCUT2D eigenvalue weighted by molar-refractivity contribution is 0.0106. The van der Waals surface area contributed by atoms with E-state index in [1.165, 1.54) is 19.5 Å². The van der Waals surface area contributed by atoms with Crippen LogP contribution in [-0.2, 0) is 4.74 Å². The number of hydrogen-bond acceptors (Lipinski definition) is 4. The lowest BCUT2D eigenvalue weighted by Crippen LogP contribution is -2.42. The molecule has 2 aliphatic rings. The van der Waals surface area contributed by atoms with E-state index in [1.807, 2.05) is 0 Å². The number of ether oxygens (including phenoxy) is 1. The molecule has 1 N–H and O–H groups in total. The lowest BCUT2D eigenvalue weighted by Gasteiger charge is -2.39. The van der Waals surface area contributed by atoms with Gasteiger partial charge in [0.15, 0.2) is 0 Å². The van der Waals surface area contributed by atoms with Crippen LogP contribution in [0.15, 0.2) is 0 Å².